The zero-order chi connectivity index (χ0) is 22.5. The molecule has 0 saturated carbocycles. The number of nitrogens with one attached hydrogen (secondary N) is 1. The number of methoxy groups -OCH3 is 1. The number of hydrogen-bond donors (Lipinski definition) is 1. The molecule has 166 valence electrons. The van der Waals surface area contributed by atoms with Crippen molar-refractivity contribution in [3.63, 3.8) is 0 Å². The van der Waals surface area contributed by atoms with Crippen molar-refractivity contribution in [2.45, 2.75) is 18.9 Å². The Balaban J connectivity index is 1.38. The SMILES string of the molecule is COC(=O)N1CCC(Oc2cc(Oc3cccc(C=C4SC(=O)NC4=O)c3)ncn2)CC1. The number of carbonyl (C=O) groups excluding carboxylic acids is 3. The fourth-order valence-electron chi connectivity index (χ4n) is 3.26. The highest BCUT2D eigenvalue weighted by Crippen LogP contribution is 2.28. The molecule has 0 aliphatic carbocycles. The van der Waals surface area contributed by atoms with E-state index in [9.17, 15) is 14.4 Å². The van der Waals surface area contributed by atoms with Crippen molar-refractivity contribution in [3.05, 3.63) is 47.1 Å². The molecule has 1 aromatic heterocycles. The molecule has 1 N–H and O–H groups in total. The highest BCUT2D eigenvalue weighted by atomic mass is 32.2. The molecule has 0 atom stereocenters. The van der Waals surface area contributed by atoms with Gasteiger partial charge in [-0.05, 0) is 35.5 Å². The van der Waals surface area contributed by atoms with E-state index in [0.29, 0.717) is 53.9 Å². The number of ether oxygens (including phenoxy) is 3. The third-order valence-electron chi connectivity index (χ3n) is 4.80. The van der Waals surface area contributed by atoms with E-state index in [4.69, 9.17) is 14.2 Å². The number of carbonyl (C=O) groups is 3. The molecule has 11 heteroatoms. The third kappa shape index (κ3) is 5.35. The molecule has 2 aromatic rings. The summed E-state index contributed by atoms with van der Waals surface area (Å²) in [7, 11) is 1.37. The Kier molecular flexibility index (Phi) is 6.55. The predicted molar refractivity (Wildman–Crippen MR) is 115 cm³/mol. The van der Waals surface area contributed by atoms with Crippen LogP contribution in [0.3, 0.4) is 0 Å². The summed E-state index contributed by atoms with van der Waals surface area (Å²) in [5.74, 6) is 0.767. The van der Waals surface area contributed by atoms with Crippen molar-refractivity contribution in [1.82, 2.24) is 20.2 Å². The van der Waals surface area contributed by atoms with Crippen molar-refractivity contribution in [2.75, 3.05) is 20.2 Å². The average Bonchev–Trinajstić information content (AvgIpc) is 3.10. The lowest BCUT2D eigenvalue weighted by Crippen LogP contribution is -2.41. The van der Waals surface area contributed by atoms with Gasteiger partial charge in [-0.2, -0.15) is 0 Å². The summed E-state index contributed by atoms with van der Waals surface area (Å²) in [6, 6.07) is 8.65. The van der Waals surface area contributed by atoms with Gasteiger partial charge in [-0.1, -0.05) is 12.1 Å². The maximum absolute atomic E-state index is 11.7. The first-order valence-corrected chi connectivity index (χ1v) is 10.7. The molecule has 0 bridgehead atoms. The van der Waals surface area contributed by atoms with Gasteiger partial charge < -0.3 is 19.1 Å². The second-order valence-electron chi connectivity index (χ2n) is 7.00. The lowest BCUT2D eigenvalue weighted by molar-refractivity contribution is -0.115. The van der Waals surface area contributed by atoms with E-state index in [1.807, 2.05) is 0 Å². The zero-order valence-corrected chi connectivity index (χ0v) is 18.0. The van der Waals surface area contributed by atoms with Crippen molar-refractivity contribution < 1.29 is 28.6 Å². The fraction of sp³-hybridized carbons (Fsp3) is 0.286. The quantitative estimate of drug-likeness (QED) is 0.676. The van der Waals surface area contributed by atoms with Crippen LogP contribution in [0.4, 0.5) is 9.59 Å². The number of likely N-dealkylation sites (tertiary alicyclic amines) is 1. The number of rotatable bonds is 5. The summed E-state index contributed by atoms with van der Waals surface area (Å²) in [4.78, 5) is 44.8. The van der Waals surface area contributed by atoms with Crippen molar-refractivity contribution in [3.8, 4) is 17.5 Å². The monoisotopic (exact) mass is 456 g/mol. The molecule has 32 heavy (non-hydrogen) atoms. The van der Waals surface area contributed by atoms with Crippen molar-refractivity contribution in [2.24, 2.45) is 0 Å². The van der Waals surface area contributed by atoms with Crippen molar-refractivity contribution in [1.29, 1.82) is 0 Å². The maximum atomic E-state index is 11.7. The number of imide groups is 1. The maximum Gasteiger partial charge on any atom is 0.409 e. The number of amides is 3. The number of aromatic nitrogens is 2. The van der Waals surface area contributed by atoms with Gasteiger partial charge in [0.05, 0.1) is 18.1 Å². The van der Waals surface area contributed by atoms with Gasteiger partial charge in [-0.15, -0.1) is 0 Å². The van der Waals surface area contributed by atoms with Gasteiger partial charge in [-0.25, -0.2) is 14.8 Å². The normalized spacial score (nSPS) is 17.9. The first kappa shape index (κ1) is 21.6. The van der Waals surface area contributed by atoms with E-state index in [1.54, 1.807) is 41.3 Å². The Labute approximate surface area is 187 Å². The Bertz CT molecular complexity index is 1070. The number of hydrogen-bond acceptors (Lipinski definition) is 9. The minimum absolute atomic E-state index is 0.0774. The van der Waals surface area contributed by atoms with Crippen LogP contribution in [0.1, 0.15) is 18.4 Å². The number of piperidine rings is 1. The summed E-state index contributed by atoms with van der Waals surface area (Å²) in [6.07, 6.45) is 3.89. The molecule has 2 fully saturated rings. The number of thioether (sulfide) groups is 1. The summed E-state index contributed by atoms with van der Waals surface area (Å²) >= 11 is 0.855. The van der Waals surface area contributed by atoms with Crippen LogP contribution in [0, 0.1) is 0 Å². The van der Waals surface area contributed by atoms with Crippen LogP contribution in [0.5, 0.6) is 17.5 Å². The molecular weight excluding hydrogens is 436 g/mol. The first-order chi connectivity index (χ1) is 15.5. The minimum Gasteiger partial charge on any atom is -0.474 e. The molecule has 1 aromatic carbocycles. The van der Waals surface area contributed by atoms with E-state index in [2.05, 4.69) is 15.3 Å². The molecule has 2 aliphatic rings. The average molecular weight is 456 g/mol. The summed E-state index contributed by atoms with van der Waals surface area (Å²) in [5, 5.41) is 1.83. The van der Waals surface area contributed by atoms with E-state index >= 15 is 0 Å². The highest BCUT2D eigenvalue weighted by molar-refractivity contribution is 8.18. The van der Waals surface area contributed by atoms with Gasteiger partial charge in [0.25, 0.3) is 11.1 Å². The fourth-order valence-corrected chi connectivity index (χ4v) is 3.94. The highest BCUT2D eigenvalue weighted by Gasteiger charge is 2.26. The smallest absolute Gasteiger partial charge is 0.409 e. The van der Waals surface area contributed by atoms with Gasteiger partial charge >= 0.3 is 6.09 Å². The molecule has 3 heterocycles. The van der Waals surface area contributed by atoms with Crippen LogP contribution in [0.25, 0.3) is 6.08 Å². The standard InChI is InChI=1S/C21H20N4O6S/c1-29-21(28)25-7-5-14(6-8-25)30-17-11-18(23-12-22-17)31-15-4-2-3-13(9-15)10-16-19(26)24-20(27)32-16/h2-4,9-12,14H,5-8H2,1H3,(H,24,26,27). The summed E-state index contributed by atoms with van der Waals surface area (Å²) in [6.45, 7) is 1.10. The second-order valence-corrected chi connectivity index (χ2v) is 8.01. The van der Waals surface area contributed by atoms with Crippen LogP contribution < -0.4 is 14.8 Å². The van der Waals surface area contributed by atoms with Gasteiger partial charge in [0, 0.05) is 25.9 Å². The van der Waals surface area contributed by atoms with Gasteiger partial charge in [-0.3, -0.25) is 14.9 Å². The predicted octanol–water partition coefficient (Wildman–Crippen LogP) is 3.20. The van der Waals surface area contributed by atoms with E-state index < -0.39 is 11.1 Å². The Morgan fingerprint density at radius 1 is 1.19 bits per heavy atom. The molecule has 2 aliphatic heterocycles. The van der Waals surface area contributed by atoms with Gasteiger partial charge in [0.2, 0.25) is 11.8 Å². The molecule has 4 rings (SSSR count). The Morgan fingerprint density at radius 3 is 2.69 bits per heavy atom. The van der Waals surface area contributed by atoms with Crippen molar-refractivity contribution >= 4 is 35.1 Å². The van der Waals surface area contributed by atoms with Gasteiger partial charge in [0.1, 0.15) is 18.2 Å². The van der Waals surface area contributed by atoms with Crippen LogP contribution in [0.2, 0.25) is 0 Å². The molecular formula is C21H20N4O6S. The topological polar surface area (TPSA) is 120 Å². The van der Waals surface area contributed by atoms with Crippen LogP contribution in [-0.2, 0) is 9.53 Å². The van der Waals surface area contributed by atoms with Crippen LogP contribution >= 0.6 is 11.8 Å². The Morgan fingerprint density at radius 2 is 1.97 bits per heavy atom. The second kappa shape index (κ2) is 9.69. The zero-order valence-electron chi connectivity index (χ0n) is 17.1. The molecule has 10 nitrogen and oxygen atoms in total. The lowest BCUT2D eigenvalue weighted by Gasteiger charge is -2.30. The van der Waals surface area contributed by atoms with E-state index in [1.165, 1.54) is 13.4 Å². The molecule has 0 radical (unpaired) electrons. The summed E-state index contributed by atoms with van der Waals surface area (Å²) in [5.41, 5.74) is 0.706. The molecule has 2 saturated heterocycles. The minimum atomic E-state index is -0.415. The van der Waals surface area contributed by atoms with E-state index in [0.717, 1.165) is 11.8 Å². The summed E-state index contributed by atoms with van der Waals surface area (Å²) < 4.78 is 16.5. The largest absolute Gasteiger partial charge is 0.474 e. The molecule has 3 amide bonds. The number of nitrogens with zero attached hydrogens (tertiary/aromatic N) is 3. The number of benzene rings is 1. The van der Waals surface area contributed by atoms with Gasteiger partial charge in [0.15, 0.2) is 0 Å². The van der Waals surface area contributed by atoms with Crippen LogP contribution in [-0.4, -0.2) is 58.4 Å². The molecule has 0 spiro atoms. The first-order valence-electron chi connectivity index (χ1n) is 9.84. The van der Waals surface area contributed by atoms with Crippen LogP contribution in [0.15, 0.2) is 41.6 Å². The third-order valence-corrected chi connectivity index (χ3v) is 5.61. The van der Waals surface area contributed by atoms with E-state index in [-0.39, 0.29) is 12.2 Å². The Hall–Kier alpha value is -3.60. The molecule has 0 unspecified atom stereocenters. The lowest BCUT2D eigenvalue weighted by atomic mass is 10.1.